The molecule has 2 N–H and O–H groups in total. The number of hydrazone groups is 1. The fraction of sp³-hybridized carbons (Fsp3) is 0.0400. The van der Waals surface area contributed by atoms with Crippen LogP contribution in [0.1, 0.15) is 16.9 Å². The molecule has 4 rings (SSSR count). The molecule has 32 heavy (non-hydrogen) atoms. The maximum absolute atomic E-state index is 13.0. The molecule has 5 nitrogen and oxygen atoms in total. The minimum atomic E-state index is -1.91. The third kappa shape index (κ3) is 4.46. The minimum absolute atomic E-state index is 0.388. The first kappa shape index (κ1) is 21.8. The zero-order valence-corrected chi connectivity index (χ0v) is 18.2. The molecule has 1 aromatic heterocycles. The topological polar surface area (TPSA) is 74.8 Å². The number of nitrogens with zero attached hydrogens (tertiary/aromatic N) is 1. The SMILES string of the molecule is O=C(NN=Cc1ccc(-c2cc(Cl)ccc2Cl)o1)C(O)(c1ccccc1)c1ccccc1. The van der Waals surface area contributed by atoms with Gasteiger partial charge >= 0.3 is 0 Å². The van der Waals surface area contributed by atoms with Crippen LogP contribution in [0.5, 0.6) is 0 Å². The largest absolute Gasteiger partial charge is 0.455 e. The van der Waals surface area contributed by atoms with E-state index in [0.717, 1.165) is 0 Å². The Morgan fingerprint density at radius 1 is 0.906 bits per heavy atom. The average Bonchev–Trinajstić information content (AvgIpc) is 3.30. The van der Waals surface area contributed by atoms with Gasteiger partial charge in [-0.25, -0.2) is 5.43 Å². The van der Waals surface area contributed by atoms with Gasteiger partial charge in [-0.2, -0.15) is 5.10 Å². The molecular weight excluding hydrogens is 447 g/mol. The van der Waals surface area contributed by atoms with E-state index in [0.29, 0.717) is 38.3 Å². The zero-order valence-electron chi connectivity index (χ0n) is 16.7. The summed E-state index contributed by atoms with van der Waals surface area (Å²) >= 11 is 12.3. The number of benzene rings is 3. The monoisotopic (exact) mass is 464 g/mol. The molecule has 0 atom stereocenters. The number of rotatable bonds is 6. The number of amides is 1. The molecule has 3 aromatic carbocycles. The fourth-order valence-electron chi connectivity index (χ4n) is 3.28. The van der Waals surface area contributed by atoms with Gasteiger partial charge in [0.05, 0.1) is 11.2 Å². The van der Waals surface area contributed by atoms with Crippen LogP contribution in [0, 0.1) is 0 Å². The van der Waals surface area contributed by atoms with Gasteiger partial charge in [0.25, 0.3) is 5.91 Å². The summed E-state index contributed by atoms with van der Waals surface area (Å²) in [5.41, 5.74) is 1.99. The van der Waals surface area contributed by atoms with E-state index in [2.05, 4.69) is 10.5 Å². The van der Waals surface area contributed by atoms with Crippen LogP contribution in [0.4, 0.5) is 0 Å². The predicted octanol–water partition coefficient (Wildman–Crippen LogP) is 5.64. The van der Waals surface area contributed by atoms with E-state index in [9.17, 15) is 9.90 Å². The van der Waals surface area contributed by atoms with Gasteiger partial charge < -0.3 is 9.52 Å². The summed E-state index contributed by atoms with van der Waals surface area (Å²) in [6.07, 6.45) is 1.34. The third-order valence-corrected chi connectivity index (χ3v) is 5.45. The van der Waals surface area contributed by atoms with Gasteiger partial charge in [0.2, 0.25) is 0 Å². The van der Waals surface area contributed by atoms with Gasteiger partial charge in [-0.1, -0.05) is 83.9 Å². The number of furan rings is 1. The summed E-state index contributed by atoms with van der Waals surface area (Å²) in [7, 11) is 0. The van der Waals surface area contributed by atoms with Gasteiger partial charge in [0.15, 0.2) is 5.60 Å². The van der Waals surface area contributed by atoms with Crippen LogP contribution < -0.4 is 5.43 Å². The van der Waals surface area contributed by atoms with Gasteiger partial charge in [0, 0.05) is 10.6 Å². The Morgan fingerprint density at radius 3 is 2.16 bits per heavy atom. The highest BCUT2D eigenvalue weighted by Gasteiger charge is 2.39. The van der Waals surface area contributed by atoms with Crippen molar-refractivity contribution in [3.63, 3.8) is 0 Å². The zero-order chi connectivity index (χ0) is 22.6. The van der Waals surface area contributed by atoms with E-state index < -0.39 is 11.5 Å². The van der Waals surface area contributed by atoms with E-state index in [-0.39, 0.29) is 0 Å². The molecule has 0 aliphatic rings. The van der Waals surface area contributed by atoms with Crippen LogP contribution in [0.25, 0.3) is 11.3 Å². The second kappa shape index (κ2) is 9.40. The molecule has 0 spiro atoms. The van der Waals surface area contributed by atoms with Crippen molar-refractivity contribution in [3.8, 4) is 11.3 Å². The Balaban J connectivity index is 1.56. The number of hydrogen-bond donors (Lipinski definition) is 2. The number of halogens is 2. The van der Waals surface area contributed by atoms with E-state index in [1.807, 2.05) is 12.1 Å². The average molecular weight is 465 g/mol. The normalized spacial score (nSPS) is 11.6. The number of carbonyl (C=O) groups excluding carboxylic acids is 1. The molecule has 4 aromatic rings. The Bertz CT molecular complexity index is 1220. The van der Waals surface area contributed by atoms with Gasteiger partial charge in [0.1, 0.15) is 11.5 Å². The molecule has 7 heteroatoms. The number of nitrogens with one attached hydrogen (secondary N) is 1. The Kier molecular flexibility index (Phi) is 6.42. The molecule has 0 saturated carbocycles. The molecule has 160 valence electrons. The maximum Gasteiger partial charge on any atom is 0.281 e. The summed E-state index contributed by atoms with van der Waals surface area (Å²) in [4.78, 5) is 13.0. The molecule has 1 amide bonds. The smallest absolute Gasteiger partial charge is 0.281 e. The summed E-state index contributed by atoms with van der Waals surface area (Å²) in [5.74, 6) is 0.200. The fourth-order valence-corrected chi connectivity index (χ4v) is 3.66. The molecular formula is C25H18Cl2N2O3. The standard InChI is InChI=1S/C25H18Cl2N2O3/c26-19-11-13-22(27)21(15-19)23-14-12-20(32-23)16-28-29-24(30)25(31,17-7-3-1-4-8-17)18-9-5-2-6-10-18/h1-16,31H,(H,29,30). The molecule has 0 saturated heterocycles. The quantitative estimate of drug-likeness (QED) is 0.286. The lowest BCUT2D eigenvalue weighted by molar-refractivity contribution is -0.136. The lowest BCUT2D eigenvalue weighted by atomic mass is 9.85. The van der Waals surface area contributed by atoms with Crippen molar-refractivity contribution in [2.75, 3.05) is 0 Å². The van der Waals surface area contributed by atoms with E-state index >= 15 is 0 Å². The highest BCUT2D eigenvalue weighted by molar-refractivity contribution is 6.35. The lowest BCUT2D eigenvalue weighted by Gasteiger charge is -2.26. The first-order valence-electron chi connectivity index (χ1n) is 9.70. The minimum Gasteiger partial charge on any atom is -0.455 e. The Hall–Kier alpha value is -3.38. The van der Waals surface area contributed by atoms with Crippen molar-refractivity contribution >= 4 is 35.3 Å². The van der Waals surface area contributed by atoms with Gasteiger partial charge in [-0.05, 0) is 41.5 Å². The highest BCUT2D eigenvalue weighted by Crippen LogP contribution is 2.32. The molecule has 0 radical (unpaired) electrons. The molecule has 0 aliphatic heterocycles. The van der Waals surface area contributed by atoms with Crippen LogP contribution in [0.3, 0.4) is 0 Å². The van der Waals surface area contributed by atoms with Crippen LogP contribution >= 0.6 is 23.2 Å². The van der Waals surface area contributed by atoms with Crippen LogP contribution in [0.15, 0.2) is 101 Å². The maximum atomic E-state index is 13.0. The van der Waals surface area contributed by atoms with Crippen molar-refractivity contribution < 1.29 is 14.3 Å². The van der Waals surface area contributed by atoms with Crippen molar-refractivity contribution in [3.05, 3.63) is 118 Å². The molecule has 0 fully saturated rings. The predicted molar refractivity (Wildman–Crippen MR) is 126 cm³/mol. The van der Waals surface area contributed by atoms with Crippen LogP contribution in [-0.2, 0) is 10.4 Å². The second-order valence-electron chi connectivity index (χ2n) is 6.97. The molecule has 0 aliphatic carbocycles. The van der Waals surface area contributed by atoms with Crippen molar-refractivity contribution in [2.24, 2.45) is 5.10 Å². The summed E-state index contributed by atoms with van der Waals surface area (Å²) in [6, 6.07) is 25.9. The molecule has 0 bridgehead atoms. The third-order valence-electron chi connectivity index (χ3n) is 4.89. The summed E-state index contributed by atoms with van der Waals surface area (Å²) in [5, 5.41) is 16.4. The van der Waals surface area contributed by atoms with E-state index in [4.69, 9.17) is 27.6 Å². The van der Waals surface area contributed by atoms with Crippen molar-refractivity contribution in [2.45, 2.75) is 5.60 Å². The van der Waals surface area contributed by atoms with E-state index in [1.165, 1.54) is 6.21 Å². The number of hydrogen-bond acceptors (Lipinski definition) is 4. The highest BCUT2D eigenvalue weighted by atomic mass is 35.5. The van der Waals surface area contributed by atoms with Crippen LogP contribution in [-0.4, -0.2) is 17.2 Å². The first-order chi connectivity index (χ1) is 15.5. The van der Waals surface area contributed by atoms with Crippen LogP contribution in [0.2, 0.25) is 10.0 Å². The summed E-state index contributed by atoms with van der Waals surface area (Å²) in [6.45, 7) is 0. The second-order valence-corrected chi connectivity index (χ2v) is 7.81. The number of aliphatic hydroxyl groups is 1. The molecule has 1 heterocycles. The van der Waals surface area contributed by atoms with Gasteiger partial charge in [-0.15, -0.1) is 0 Å². The lowest BCUT2D eigenvalue weighted by Crippen LogP contribution is -2.43. The Morgan fingerprint density at radius 2 is 1.53 bits per heavy atom. The summed E-state index contributed by atoms with van der Waals surface area (Å²) < 4.78 is 5.74. The van der Waals surface area contributed by atoms with Crippen molar-refractivity contribution in [1.29, 1.82) is 0 Å². The number of carbonyl (C=O) groups is 1. The van der Waals surface area contributed by atoms with E-state index in [1.54, 1.807) is 78.9 Å². The molecule has 0 unspecified atom stereocenters. The van der Waals surface area contributed by atoms with Crippen molar-refractivity contribution in [1.82, 2.24) is 5.43 Å². The first-order valence-corrected chi connectivity index (χ1v) is 10.5. The Labute approximate surface area is 194 Å². The van der Waals surface area contributed by atoms with Gasteiger partial charge in [-0.3, -0.25) is 4.79 Å².